The number of hydrogen-bond donors (Lipinski definition) is 1. The second-order valence-electron chi connectivity index (χ2n) is 8.95. The third-order valence-electron chi connectivity index (χ3n) is 5.83. The number of fused-ring (bicyclic) bond motifs is 1. The van der Waals surface area contributed by atoms with E-state index in [0.29, 0.717) is 12.2 Å². The standard InChI is InChI=1S/C28H28F2N4O3/c1-33(2)12-4-14-37-26-10-11-31-25-9-7-19(15-22(25)26)17-32-27(35)21-5-3-13-34(28(21)36)18-20-6-8-23(29)24(30)16-20/h3,5-11,13,15-16H,4,12,14,17-18H2,1-2H3,(H,32,35). The second-order valence-corrected chi connectivity index (χ2v) is 8.95. The summed E-state index contributed by atoms with van der Waals surface area (Å²) in [5.41, 5.74) is 1.44. The molecule has 192 valence electrons. The molecule has 0 fully saturated rings. The molecule has 0 atom stereocenters. The highest BCUT2D eigenvalue weighted by atomic mass is 19.2. The summed E-state index contributed by atoms with van der Waals surface area (Å²) in [7, 11) is 4.03. The van der Waals surface area contributed by atoms with E-state index < -0.39 is 23.1 Å². The molecule has 0 aliphatic rings. The van der Waals surface area contributed by atoms with Crippen LogP contribution in [0.5, 0.6) is 5.75 Å². The SMILES string of the molecule is CN(C)CCCOc1ccnc2ccc(CNC(=O)c3cccn(Cc4ccc(F)c(F)c4)c3=O)cc12. The molecule has 0 radical (unpaired) electrons. The first-order valence-corrected chi connectivity index (χ1v) is 11.9. The first-order chi connectivity index (χ1) is 17.8. The molecule has 0 saturated carbocycles. The maximum atomic E-state index is 13.5. The molecule has 1 amide bonds. The monoisotopic (exact) mass is 506 g/mol. The first-order valence-electron chi connectivity index (χ1n) is 11.9. The van der Waals surface area contributed by atoms with E-state index >= 15 is 0 Å². The number of hydrogen-bond acceptors (Lipinski definition) is 5. The summed E-state index contributed by atoms with van der Waals surface area (Å²) in [5, 5.41) is 3.62. The van der Waals surface area contributed by atoms with Crippen molar-refractivity contribution in [1.29, 1.82) is 0 Å². The minimum absolute atomic E-state index is 0.00610. The molecule has 0 aliphatic heterocycles. The van der Waals surface area contributed by atoms with E-state index in [9.17, 15) is 18.4 Å². The van der Waals surface area contributed by atoms with E-state index in [1.54, 1.807) is 12.3 Å². The Balaban J connectivity index is 1.45. The quantitative estimate of drug-likeness (QED) is 0.329. The summed E-state index contributed by atoms with van der Waals surface area (Å²) in [6.07, 6.45) is 4.08. The third kappa shape index (κ3) is 6.56. The normalized spacial score (nSPS) is 11.2. The van der Waals surface area contributed by atoms with Crippen molar-refractivity contribution in [3.63, 3.8) is 0 Å². The lowest BCUT2D eigenvalue weighted by atomic mass is 10.1. The van der Waals surface area contributed by atoms with Crippen LogP contribution in [-0.4, -0.2) is 47.6 Å². The molecule has 0 saturated heterocycles. The number of halogens is 2. The average molecular weight is 507 g/mol. The Morgan fingerprint density at radius 3 is 2.65 bits per heavy atom. The largest absolute Gasteiger partial charge is 0.493 e. The number of pyridine rings is 2. The molecule has 0 unspecified atom stereocenters. The van der Waals surface area contributed by atoms with Crippen molar-refractivity contribution in [3.05, 3.63) is 106 Å². The minimum atomic E-state index is -0.993. The van der Waals surface area contributed by atoms with Gasteiger partial charge in [-0.15, -0.1) is 0 Å². The summed E-state index contributed by atoms with van der Waals surface area (Å²) in [6.45, 7) is 1.69. The zero-order chi connectivity index (χ0) is 26.4. The lowest BCUT2D eigenvalue weighted by molar-refractivity contribution is 0.0949. The van der Waals surface area contributed by atoms with Gasteiger partial charge in [-0.3, -0.25) is 14.6 Å². The predicted molar refractivity (Wildman–Crippen MR) is 138 cm³/mol. The molecule has 0 spiro atoms. The predicted octanol–water partition coefficient (Wildman–Crippen LogP) is 3.98. The third-order valence-corrected chi connectivity index (χ3v) is 5.83. The highest BCUT2D eigenvalue weighted by molar-refractivity contribution is 5.93. The number of ether oxygens (including phenoxy) is 1. The van der Waals surface area contributed by atoms with Gasteiger partial charge in [0.1, 0.15) is 11.3 Å². The molecule has 4 aromatic rings. The van der Waals surface area contributed by atoms with Crippen LogP contribution in [0.1, 0.15) is 27.9 Å². The van der Waals surface area contributed by atoms with Gasteiger partial charge in [-0.05, 0) is 74.1 Å². The molecule has 0 aliphatic carbocycles. The second kappa shape index (κ2) is 11.7. The molecule has 37 heavy (non-hydrogen) atoms. The highest BCUT2D eigenvalue weighted by Gasteiger charge is 2.13. The summed E-state index contributed by atoms with van der Waals surface area (Å²) in [6, 6.07) is 13.9. The van der Waals surface area contributed by atoms with Crippen LogP contribution >= 0.6 is 0 Å². The van der Waals surface area contributed by atoms with Crippen LogP contribution in [0.2, 0.25) is 0 Å². The van der Waals surface area contributed by atoms with Gasteiger partial charge in [-0.2, -0.15) is 0 Å². The number of aromatic nitrogens is 2. The van der Waals surface area contributed by atoms with Gasteiger partial charge in [0, 0.05) is 30.9 Å². The van der Waals surface area contributed by atoms with Gasteiger partial charge in [-0.25, -0.2) is 8.78 Å². The van der Waals surface area contributed by atoms with Crippen LogP contribution in [0, 0.1) is 11.6 Å². The Kier molecular flexibility index (Phi) is 8.25. The van der Waals surface area contributed by atoms with Crippen molar-refractivity contribution in [1.82, 2.24) is 19.8 Å². The van der Waals surface area contributed by atoms with Crippen molar-refractivity contribution in [2.75, 3.05) is 27.2 Å². The van der Waals surface area contributed by atoms with Crippen molar-refractivity contribution in [2.24, 2.45) is 0 Å². The van der Waals surface area contributed by atoms with Crippen LogP contribution in [0.4, 0.5) is 8.78 Å². The van der Waals surface area contributed by atoms with Crippen molar-refractivity contribution in [2.45, 2.75) is 19.5 Å². The summed E-state index contributed by atoms with van der Waals surface area (Å²) in [5.74, 6) is -1.76. The number of benzene rings is 2. The number of nitrogens with one attached hydrogen (secondary N) is 1. The molecule has 0 bridgehead atoms. The Labute approximate surface area is 213 Å². The Morgan fingerprint density at radius 2 is 1.86 bits per heavy atom. The van der Waals surface area contributed by atoms with Gasteiger partial charge >= 0.3 is 0 Å². The van der Waals surface area contributed by atoms with Crippen LogP contribution in [0.3, 0.4) is 0 Å². The summed E-state index contributed by atoms with van der Waals surface area (Å²) in [4.78, 5) is 32.2. The number of amides is 1. The van der Waals surface area contributed by atoms with Crippen LogP contribution in [0.25, 0.3) is 10.9 Å². The van der Waals surface area contributed by atoms with Gasteiger partial charge in [0.15, 0.2) is 11.6 Å². The van der Waals surface area contributed by atoms with Gasteiger partial charge in [-0.1, -0.05) is 12.1 Å². The lowest BCUT2D eigenvalue weighted by Crippen LogP contribution is -2.32. The van der Waals surface area contributed by atoms with Crippen molar-refractivity contribution in [3.8, 4) is 5.75 Å². The Hall–Kier alpha value is -4.11. The summed E-state index contributed by atoms with van der Waals surface area (Å²) >= 11 is 0. The van der Waals surface area contributed by atoms with Gasteiger partial charge < -0.3 is 19.5 Å². The smallest absolute Gasteiger partial charge is 0.263 e. The van der Waals surface area contributed by atoms with Crippen LogP contribution in [0.15, 0.2) is 71.8 Å². The number of rotatable bonds is 10. The van der Waals surface area contributed by atoms with E-state index in [-0.39, 0.29) is 18.7 Å². The molecule has 2 heterocycles. The van der Waals surface area contributed by atoms with E-state index in [1.807, 2.05) is 38.4 Å². The van der Waals surface area contributed by atoms with Crippen molar-refractivity contribution < 1.29 is 18.3 Å². The fourth-order valence-corrected chi connectivity index (χ4v) is 3.91. The van der Waals surface area contributed by atoms with Gasteiger partial charge in [0.25, 0.3) is 11.5 Å². The average Bonchev–Trinajstić information content (AvgIpc) is 2.88. The molecule has 4 rings (SSSR count). The Morgan fingerprint density at radius 1 is 1.05 bits per heavy atom. The van der Waals surface area contributed by atoms with Crippen molar-refractivity contribution >= 4 is 16.8 Å². The molecule has 2 aromatic carbocycles. The molecule has 1 N–H and O–H groups in total. The van der Waals surface area contributed by atoms with E-state index in [4.69, 9.17) is 4.74 Å². The highest BCUT2D eigenvalue weighted by Crippen LogP contribution is 2.25. The lowest BCUT2D eigenvalue weighted by Gasteiger charge is -2.13. The molecule has 9 heteroatoms. The van der Waals surface area contributed by atoms with E-state index in [1.165, 1.54) is 22.9 Å². The Bertz CT molecular complexity index is 1470. The van der Waals surface area contributed by atoms with E-state index in [2.05, 4.69) is 15.2 Å². The number of carbonyl (C=O) groups is 1. The molecular formula is C28H28F2N4O3. The topological polar surface area (TPSA) is 76.5 Å². The first kappa shape index (κ1) is 26.0. The number of nitrogens with zero attached hydrogens (tertiary/aromatic N) is 3. The zero-order valence-corrected chi connectivity index (χ0v) is 20.7. The maximum Gasteiger partial charge on any atom is 0.263 e. The van der Waals surface area contributed by atoms with Gasteiger partial charge in [0.05, 0.1) is 18.7 Å². The fourth-order valence-electron chi connectivity index (χ4n) is 3.91. The van der Waals surface area contributed by atoms with Gasteiger partial charge in [0.2, 0.25) is 0 Å². The van der Waals surface area contributed by atoms with Crippen LogP contribution in [-0.2, 0) is 13.1 Å². The number of carbonyl (C=O) groups excluding carboxylic acids is 1. The molecule has 7 nitrogen and oxygen atoms in total. The minimum Gasteiger partial charge on any atom is -0.493 e. The molecule has 2 aromatic heterocycles. The maximum absolute atomic E-state index is 13.5. The zero-order valence-electron chi connectivity index (χ0n) is 20.7. The fraction of sp³-hybridized carbons (Fsp3) is 0.250. The van der Waals surface area contributed by atoms with Crippen LogP contribution < -0.4 is 15.6 Å². The molecular weight excluding hydrogens is 478 g/mol. The van der Waals surface area contributed by atoms with E-state index in [0.717, 1.165) is 47.3 Å². The summed E-state index contributed by atoms with van der Waals surface area (Å²) < 4.78 is 34.0.